The maximum absolute atomic E-state index is 9.98. The van der Waals surface area contributed by atoms with Crippen LogP contribution in [0.3, 0.4) is 0 Å². The van der Waals surface area contributed by atoms with Crippen molar-refractivity contribution in [3.63, 3.8) is 0 Å². The van der Waals surface area contributed by atoms with Gasteiger partial charge in [0, 0.05) is 38.1 Å². The Kier molecular flexibility index (Phi) is 6.09. The van der Waals surface area contributed by atoms with Gasteiger partial charge in [0.05, 0.1) is 12.2 Å². The van der Waals surface area contributed by atoms with Gasteiger partial charge in [0.1, 0.15) is 0 Å². The Morgan fingerprint density at radius 2 is 1.91 bits per heavy atom. The molecule has 0 radical (unpaired) electrons. The average molecular weight is 306 g/mol. The predicted octanol–water partition coefficient (Wildman–Crippen LogP) is 2.42. The second-order valence-corrected chi connectivity index (χ2v) is 6.33. The maximum Gasteiger partial charge on any atom is 0.0712 e. The highest BCUT2D eigenvalue weighted by Crippen LogP contribution is 2.34. The highest BCUT2D eigenvalue weighted by molar-refractivity contribution is 5.69. The van der Waals surface area contributed by atoms with E-state index in [1.165, 1.54) is 16.9 Å². The molecule has 0 unspecified atom stereocenters. The van der Waals surface area contributed by atoms with Gasteiger partial charge in [0.15, 0.2) is 0 Å². The van der Waals surface area contributed by atoms with Crippen molar-refractivity contribution >= 4 is 11.4 Å². The second-order valence-electron chi connectivity index (χ2n) is 6.33. The van der Waals surface area contributed by atoms with Crippen LogP contribution in [0.4, 0.5) is 11.4 Å². The molecule has 1 aliphatic rings. The van der Waals surface area contributed by atoms with Gasteiger partial charge in [-0.05, 0) is 43.4 Å². The zero-order chi connectivity index (χ0) is 16.1. The van der Waals surface area contributed by atoms with Gasteiger partial charge in [0.25, 0.3) is 0 Å². The molecule has 22 heavy (non-hydrogen) atoms. The number of hydrogen-bond donors (Lipinski definition) is 2. The van der Waals surface area contributed by atoms with Crippen LogP contribution in [0.25, 0.3) is 0 Å². The Bertz CT molecular complexity index is 464. The Balaban J connectivity index is 2.22. The largest absolute Gasteiger partial charge is 0.391 e. The van der Waals surface area contributed by atoms with Gasteiger partial charge in [-0.15, -0.1) is 0 Å². The van der Waals surface area contributed by atoms with Crippen molar-refractivity contribution in [2.45, 2.75) is 51.7 Å². The van der Waals surface area contributed by atoms with Crippen LogP contribution in [-0.2, 0) is 6.42 Å². The number of benzene rings is 1. The van der Waals surface area contributed by atoms with Gasteiger partial charge >= 0.3 is 0 Å². The normalized spacial score (nSPS) is 17.0. The number of β-amino-alcohol motifs (C(OH)–C–C–N with tert-alkyl or cyclic N) is 1. The fourth-order valence-corrected chi connectivity index (χ4v) is 3.16. The van der Waals surface area contributed by atoms with Crippen LogP contribution in [0.1, 0.15) is 38.7 Å². The number of anilines is 2. The predicted molar refractivity (Wildman–Crippen MR) is 92.8 cm³/mol. The van der Waals surface area contributed by atoms with Crippen molar-refractivity contribution in [2.24, 2.45) is 0 Å². The van der Waals surface area contributed by atoms with E-state index in [4.69, 9.17) is 0 Å². The van der Waals surface area contributed by atoms with Crippen LogP contribution < -0.4 is 9.80 Å². The van der Waals surface area contributed by atoms with E-state index in [2.05, 4.69) is 28.0 Å². The molecule has 1 aromatic rings. The molecule has 2 N–H and O–H groups in total. The molecule has 0 aromatic heterocycles. The number of likely N-dealkylation sites (N-methyl/N-ethyl adjacent to an activating group) is 1. The van der Waals surface area contributed by atoms with Crippen LogP contribution >= 0.6 is 0 Å². The van der Waals surface area contributed by atoms with Gasteiger partial charge in [-0.2, -0.15) is 0 Å². The first-order valence-electron chi connectivity index (χ1n) is 8.50. The van der Waals surface area contributed by atoms with Gasteiger partial charge in [0.2, 0.25) is 0 Å². The smallest absolute Gasteiger partial charge is 0.0712 e. The van der Waals surface area contributed by atoms with E-state index < -0.39 is 0 Å². The summed E-state index contributed by atoms with van der Waals surface area (Å²) in [6.45, 7) is 6.40. The summed E-state index contributed by atoms with van der Waals surface area (Å²) in [5.41, 5.74) is 3.80. The third kappa shape index (κ3) is 3.93. The van der Waals surface area contributed by atoms with Crippen molar-refractivity contribution in [3.8, 4) is 0 Å². The van der Waals surface area contributed by atoms with Gasteiger partial charge < -0.3 is 20.0 Å². The Labute approximate surface area is 134 Å². The highest BCUT2D eigenvalue weighted by atomic mass is 16.3. The van der Waals surface area contributed by atoms with Gasteiger partial charge in [-0.1, -0.05) is 19.9 Å². The molecule has 0 saturated heterocycles. The molecule has 4 nitrogen and oxygen atoms in total. The SMILES string of the molecule is CC[C@@H](O)CN(C)c1cccc2c1CCCN2C[C@H](O)CC. The van der Waals surface area contributed by atoms with E-state index >= 15 is 0 Å². The number of hydrogen-bond acceptors (Lipinski definition) is 4. The van der Waals surface area contributed by atoms with Crippen molar-refractivity contribution in [1.82, 2.24) is 0 Å². The number of aliphatic hydroxyl groups is 2. The van der Waals surface area contributed by atoms with Crippen molar-refractivity contribution in [3.05, 3.63) is 23.8 Å². The van der Waals surface area contributed by atoms with Crippen LogP contribution in [0, 0.1) is 0 Å². The molecule has 0 saturated carbocycles. The third-order valence-corrected chi connectivity index (χ3v) is 4.59. The zero-order valence-corrected chi connectivity index (χ0v) is 14.1. The molecular formula is C18H30N2O2. The van der Waals surface area contributed by atoms with E-state index in [1.807, 2.05) is 20.9 Å². The number of aliphatic hydroxyl groups excluding tert-OH is 2. The summed E-state index contributed by atoms with van der Waals surface area (Å²) in [5.74, 6) is 0. The number of nitrogens with zero attached hydrogens (tertiary/aromatic N) is 2. The molecule has 1 aromatic carbocycles. The quantitative estimate of drug-likeness (QED) is 0.812. The standard InChI is InChI=1S/C18H30N2O2/c1-4-14(21)12-19(3)17-9-6-10-18-16(17)8-7-11-20(18)13-15(22)5-2/h6,9-10,14-15,21-22H,4-5,7-8,11-13H2,1-3H3/t14-,15-/m1/s1. The monoisotopic (exact) mass is 306 g/mol. The number of rotatable bonds is 7. The van der Waals surface area contributed by atoms with Crippen LogP contribution in [0.5, 0.6) is 0 Å². The number of fused-ring (bicyclic) bond motifs is 1. The summed E-state index contributed by atoms with van der Waals surface area (Å²) in [5, 5.41) is 19.9. The lowest BCUT2D eigenvalue weighted by atomic mass is 9.98. The van der Waals surface area contributed by atoms with Crippen molar-refractivity contribution < 1.29 is 10.2 Å². The summed E-state index contributed by atoms with van der Waals surface area (Å²) < 4.78 is 0. The summed E-state index contributed by atoms with van der Waals surface area (Å²) in [6.07, 6.45) is 3.18. The average Bonchev–Trinajstić information content (AvgIpc) is 2.54. The van der Waals surface area contributed by atoms with E-state index in [-0.39, 0.29) is 12.2 Å². The maximum atomic E-state index is 9.98. The molecule has 0 bridgehead atoms. The van der Waals surface area contributed by atoms with E-state index in [1.54, 1.807) is 0 Å². The molecule has 0 aliphatic carbocycles. The summed E-state index contributed by atoms with van der Waals surface area (Å²) in [7, 11) is 2.05. The Morgan fingerprint density at radius 3 is 2.59 bits per heavy atom. The van der Waals surface area contributed by atoms with E-state index in [0.29, 0.717) is 13.1 Å². The minimum Gasteiger partial charge on any atom is -0.391 e. The molecule has 2 atom stereocenters. The lowest BCUT2D eigenvalue weighted by molar-refractivity contribution is 0.175. The molecular weight excluding hydrogens is 276 g/mol. The first-order valence-corrected chi connectivity index (χ1v) is 8.50. The summed E-state index contributed by atoms with van der Waals surface area (Å²) in [6, 6.07) is 6.38. The van der Waals surface area contributed by atoms with Crippen LogP contribution in [-0.4, -0.2) is 49.1 Å². The molecule has 2 rings (SSSR count). The third-order valence-electron chi connectivity index (χ3n) is 4.59. The summed E-state index contributed by atoms with van der Waals surface area (Å²) in [4.78, 5) is 4.47. The molecule has 124 valence electrons. The van der Waals surface area contributed by atoms with Gasteiger partial charge in [-0.25, -0.2) is 0 Å². The minimum absolute atomic E-state index is 0.269. The topological polar surface area (TPSA) is 46.9 Å². The van der Waals surface area contributed by atoms with Gasteiger partial charge in [-0.3, -0.25) is 0 Å². The lowest BCUT2D eigenvalue weighted by Gasteiger charge is -2.35. The lowest BCUT2D eigenvalue weighted by Crippen LogP contribution is -2.37. The fourth-order valence-electron chi connectivity index (χ4n) is 3.16. The highest BCUT2D eigenvalue weighted by Gasteiger charge is 2.22. The van der Waals surface area contributed by atoms with Crippen molar-refractivity contribution in [1.29, 1.82) is 0 Å². The molecule has 0 fully saturated rings. The minimum atomic E-state index is -0.289. The fraction of sp³-hybridized carbons (Fsp3) is 0.667. The first-order chi connectivity index (χ1) is 10.6. The Morgan fingerprint density at radius 1 is 1.18 bits per heavy atom. The van der Waals surface area contributed by atoms with E-state index in [0.717, 1.165) is 32.2 Å². The van der Waals surface area contributed by atoms with Crippen LogP contribution in [0.15, 0.2) is 18.2 Å². The summed E-state index contributed by atoms with van der Waals surface area (Å²) >= 11 is 0. The second kappa shape index (κ2) is 7.84. The van der Waals surface area contributed by atoms with E-state index in [9.17, 15) is 10.2 Å². The molecule has 4 heteroatoms. The van der Waals surface area contributed by atoms with Crippen molar-refractivity contribution in [2.75, 3.05) is 36.5 Å². The first kappa shape index (κ1) is 17.1. The Hall–Kier alpha value is -1.26. The molecule has 1 aliphatic heterocycles. The molecule has 0 spiro atoms. The molecule has 0 amide bonds. The zero-order valence-electron chi connectivity index (χ0n) is 14.1. The molecule has 1 heterocycles. The van der Waals surface area contributed by atoms with Crippen LogP contribution in [0.2, 0.25) is 0 Å².